The molecule has 0 aliphatic carbocycles. The van der Waals surface area contributed by atoms with Crippen LogP contribution in [-0.4, -0.2) is 19.7 Å². The van der Waals surface area contributed by atoms with E-state index in [1.54, 1.807) is 0 Å². The first-order chi connectivity index (χ1) is 3.73. The van der Waals surface area contributed by atoms with Crippen LogP contribution in [0.1, 0.15) is 0 Å². The maximum absolute atomic E-state index is 8.33. The second-order valence-electron chi connectivity index (χ2n) is 2.93. The molecular weight excluding hydrogens is 183 g/mol. The van der Waals surface area contributed by atoms with Crippen molar-refractivity contribution in [3.8, 4) is 0 Å². The number of rotatable bonds is 0. The third-order valence-corrected chi connectivity index (χ3v) is 0. The van der Waals surface area contributed by atoms with Crippen molar-refractivity contribution in [1.82, 2.24) is 0 Å². The molecule has 0 spiro atoms. The maximum Gasteiger partial charge on any atom is -0.0431 e. The van der Waals surface area contributed by atoms with Crippen LogP contribution in [0.5, 0.6) is 0 Å². The van der Waals surface area contributed by atoms with Crippen molar-refractivity contribution in [2.45, 2.75) is 22.8 Å². The summed E-state index contributed by atoms with van der Waals surface area (Å²) in [5.74, 6) is 0. The minimum Gasteiger partial charge on any atom is -0.652 e. The van der Waals surface area contributed by atoms with Crippen LogP contribution in [0.2, 0.25) is 22.8 Å². The molecule has 0 radical (unpaired) electrons. The summed E-state index contributed by atoms with van der Waals surface area (Å²) < 4.78 is 0. The number of hydrogen-bond donors (Lipinski definition) is 0. The number of carbonyl (C=O) groups excluding carboxylic acids is 1. The van der Waals surface area contributed by atoms with Crippen molar-refractivity contribution in [1.29, 1.82) is 0 Å². The average molecular weight is 195 g/mol. The Morgan fingerprint density at radius 3 is 1.11 bits per heavy atom. The topological polar surface area (TPSA) is 63.2 Å². The van der Waals surface area contributed by atoms with Gasteiger partial charge in [0, 0.05) is 0 Å². The van der Waals surface area contributed by atoms with Crippen LogP contribution in [0.4, 0.5) is 4.79 Å². The van der Waals surface area contributed by atoms with Gasteiger partial charge in [0.05, 0.1) is 0 Å². The molecule has 0 saturated heterocycles. The zero-order chi connectivity index (χ0) is 8.08. The van der Waals surface area contributed by atoms with E-state index in [-0.39, 0.29) is 0 Å². The molecule has 3 nitrogen and oxygen atoms in total. The van der Waals surface area contributed by atoms with Gasteiger partial charge in [-0.15, -0.1) is 0 Å². The van der Waals surface area contributed by atoms with E-state index in [0.29, 0.717) is 0 Å². The van der Waals surface area contributed by atoms with Gasteiger partial charge >= 0.3 is 36.4 Å². The molecule has 0 N–H and O–H groups in total. The van der Waals surface area contributed by atoms with E-state index in [4.69, 9.17) is 15.0 Å². The molecule has 0 bridgehead atoms. The summed E-state index contributed by atoms with van der Waals surface area (Å²) in [6.07, 6.45) is -2.33. The average Bonchev–Trinajstić information content (AvgIpc) is 1.19. The molecule has 0 aromatic carbocycles. The third-order valence-electron chi connectivity index (χ3n) is 0. The van der Waals surface area contributed by atoms with Crippen LogP contribution in [0.25, 0.3) is 0 Å². The molecule has 4 heteroatoms. The number of carbonyl (C=O) groups is 1. The molecule has 0 saturated carbocycles. The SMILES string of the molecule is C[As+](C)(C)C.O=C([O-])[O-]. The minimum absolute atomic E-state index is 0.875. The normalized spacial score (nSPS) is 9.33. The minimum atomic E-state index is -2.33. The fraction of sp³-hybridized carbons (Fsp3) is 0.800. The summed E-state index contributed by atoms with van der Waals surface area (Å²) in [5, 5.41) is 16.7. The summed E-state index contributed by atoms with van der Waals surface area (Å²) in [4.78, 5) is 8.33. The first kappa shape index (κ1) is 11.6. The standard InChI is InChI=1S/C4H12As.CH2O3/c1-5(2,3)4;2-1(3)4/h1-4H3;(H2,2,3,4)/q+1;/p-2. The van der Waals surface area contributed by atoms with Gasteiger partial charge in [0.2, 0.25) is 0 Å². The van der Waals surface area contributed by atoms with E-state index < -0.39 is 19.7 Å². The van der Waals surface area contributed by atoms with E-state index in [0.717, 1.165) is 0 Å². The summed E-state index contributed by atoms with van der Waals surface area (Å²) in [7, 11) is 0. The second kappa shape index (κ2) is 4.68. The van der Waals surface area contributed by atoms with Gasteiger partial charge in [0.1, 0.15) is 0 Å². The largest absolute Gasteiger partial charge is 0.652 e. The van der Waals surface area contributed by atoms with Gasteiger partial charge in [0.15, 0.2) is 0 Å². The quantitative estimate of drug-likeness (QED) is 0.490. The predicted octanol–water partition coefficient (Wildman–Crippen LogP) is -0.493. The van der Waals surface area contributed by atoms with Crippen molar-refractivity contribution < 1.29 is 15.0 Å². The molecule has 0 rings (SSSR count). The Labute approximate surface area is 58.1 Å². The molecular formula is C5H12AsO3-. The maximum atomic E-state index is 8.33. The molecule has 0 aliphatic rings. The first-order valence-corrected chi connectivity index (χ1v) is 9.91. The number of hydrogen-bond acceptors (Lipinski definition) is 3. The molecule has 0 aliphatic heterocycles. The van der Waals surface area contributed by atoms with Crippen LogP contribution in [0, 0.1) is 0 Å². The molecule has 9 heavy (non-hydrogen) atoms. The van der Waals surface area contributed by atoms with Gasteiger partial charge in [-0.3, -0.25) is 0 Å². The summed E-state index contributed by atoms with van der Waals surface area (Å²) >= 11 is -0.875. The Kier molecular flexibility index (Phi) is 6.04. The Hall–Kier alpha value is -0.172. The molecule has 0 unspecified atom stereocenters. The Bertz CT molecular complexity index is 74.7. The molecule has 0 heterocycles. The number of carboxylic acid groups (broad SMARTS) is 2. The van der Waals surface area contributed by atoms with Gasteiger partial charge in [-0.2, -0.15) is 0 Å². The van der Waals surface area contributed by atoms with E-state index >= 15 is 0 Å². The molecule has 0 aromatic rings. The molecule has 0 aromatic heterocycles. The van der Waals surface area contributed by atoms with Gasteiger partial charge in [-0.1, -0.05) is 0 Å². The van der Waals surface area contributed by atoms with Crippen molar-refractivity contribution >= 4 is 19.7 Å². The van der Waals surface area contributed by atoms with Gasteiger partial charge in [-0.25, -0.2) is 0 Å². The molecule has 56 valence electrons. The van der Waals surface area contributed by atoms with E-state index in [1.165, 1.54) is 0 Å². The summed E-state index contributed by atoms with van der Waals surface area (Å²) in [6.45, 7) is 0. The Morgan fingerprint density at radius 2 is 1.11 bits per heavy atom. The molecule has 0 fully saturated rings. The van der Waals surface area contributed by atoms with E-state index in [9.17, 15) is 0 Å². The van der Waals surface area contributed by atoms with Crippen LogP contribution < -0.4 is 10.2 Å². The van der Waals surface area contributed by atoms with Crippen molar-refractivity contribution in [3.05, 3.63) is 0 Å². The Balaban J connectivity index is 0. The van der Waals surface area contributed by atoms with E-state index in [2.05, 4.69) is 22.8 Å². The third kappa shape index (κ3) is 9040. The van der Waals surface area contributed by atoms with Gasteiger partial charge in [-0.05, 0) is 6.16 Å². The van der Waals surface area contributed by atoms with Gasteiger partial charge in [0.25, 0.3) is 0 Å². The van der Waals surface area contributed by atoms with Crippen molar-refractivity contribution in [2.75, 3.05) is 0 Å². The van der Waals surface area contributed by atoms with Gasteiger partial charge < -0.3 is 15.0 Å². The first-order valence-electron chi connectivity index (χ1n) is 2.40. The zero-order valence-corrected chi connectivity index (χ0v) is 8.05. The fourth-order valence-corrected chi connectivity index (χ4v) is 0. The van der Waals surface area contributed by atoms with E-state index in [1.807, 2.05) is 0 Å². The van der Waals surface area contributed by atoms with Crippen LogP contribution >= 0.6 is 0 Å². The Morgan fingerprint density at radius 1 is 1.11 bits per heavy atom. The van der Waals surface area contributed by atoms with Crippen LogP contribution in [0.3, 0.4) is 0 Å². The van der Waals surface area contributed by atoms with Crippen molar-refractivity contribution in [2.24, 2.45) is 0 Å². The zero-order valence-electron chi connectivity index (χ0n) is 6.17. The smallest absolute Gasteiger partial charge is 0.0431 e. The monoisotopic (exact) mass is 195 g/mol. The molecule has 0 amide bonds. The fourth-order valence-electron chi connectivity index (χ4n) is 0. The van der Waals surface area contributed by atoms with Crippen molar-refractivity contribution in [3.63, 3.8) is 0 Å². The molecule has 0 atom stereocenters. The summed E-state index contributed by atoms with van der Waals surface area (Å²) in [6, 6.07) is 0. The summed E-state index contributed by atoms with van der Waals surface area (Å²) in [5.41, 5.74) is 9.44. The van der Waals surface area contributed by atoms with Crippen LogP contribution in [0.15, 0.2) is 0 Å². The van der Waals surface area contributed by atoms with Crippen LogP contribution in [-0.2, 0) is 0 Å². The second-order valence-corrected chi connectivity index (χ2v) is 14.2. The predicted molar refractivity (Wildman–Crippen MR) is 34.6 cm³/mol.